The summed E-state index contributed by atoms with van der Waals surface area (Å²) in [7, 11) is 0. The van der Waals surface area contributed by atoms with Crippen molar-refractivity contribution in [3.05, 3.63) is 47.6 Å². The molecule has 3 rings (SSSR count). The van der Waals surface area contributed by atoms with Crippen LogP contribution in [-0.2, 0) is 24.7 Å². The van der Waals surface area contributed by atoms with Crippen molar-refractivity contribution < 1.29 is 24.7 Å². The van der Waals surface area contributed by atoms with E-state index in [0.29, 0.717) is 3.12 Å². The van der Waals surface area contributed by atoms with Crippen molar-refractivity contribution in [2.24, 2.45) is 5.92 Å². The standard InChI is InChI=1S/C16H19.Zr/c1-2-8-13(7-1)15-11-5-6-12-16(15)14-9-3-4-10-14;/h1-4,7,9,15H,5-6,8,10-12H2;. The van der Waals surface area contributed by atoms with Gasteiger partial charge in [-0.1, -0.05) is 0 Å². The Morgan fingerprint density at radius 1 is 1.06 bits per heavy atom. The van der Waals surface area contributed by atoms with Gasteiger partial charge in [0, 0.05) is 0 Å². The van der Waals surface area contributed by atoms with Gasteiger partial charge < -0.3 is 0 Å². The Labute approximate surface area is 119 Å². The van der Waals surface area contributed by atoms with Crippen molar-refractivity contribution >= 4 is 0 Å². The summed E-state index contributed by atoms with van der Waals surface area (Å²) >= 11 is 1.73. The summed E-state index contributed by atoms with van der Waals surface area (Å²) in [4.78, 5) is 0. The Morgan fingerprint density at radius 3 is 2.59 bits per heavy atom. The van der Waals surface area contributed by atoms with Gasteiger partial charge >= 0.3 is 120 Å². The summed E-state index contributed by atoms with van der Waals surface area (Å²) in [6.45, 7) is 0. The topological polar surface area (TPSA) is 0 Å². The van der Waals surface area contributed by atoms with Gasteiger partial charge in [-0.2, -0.15) is 0 Å². The van der Waals surface area contributed by atoms with Crippen LogP contribution in [0, 0.1) is 5.92 Å². The molecule has 3 aliphatic rings. The molecule has 0 amide bonds. The third-order valence-electron chi connectivity index (χ3n) is 4.50. The SMILES string of the molecule is [Zr][C]1(C2=CC=CC2)CCCCC1C1=CC=CC1. The summed E-state index contributed by atoms with van der Waals surface area (Å²) in [6.07, 6.45) is 22.1. The van der Waals surface area contributed by atoms with Crippen molar-refractivity contribution in [1.29, 1.82) is 0 Å². The summed E-state index contributed by atoms with van der Waals surface area (Å²) in [6, 6.07) is 0. The van der Waals surface area contributed by atoms with Crippen LogP contribution in [0.2, 0.25) is 3.12 Å². The van der Waals surface area contributed by atoms with Crippen LogP contribution in [0.5, 0.6) is 0 Å². The molecule has 0 bridgehead atoms. The predicted molar refractivity (Wildman–Crippen MR) is 68.3 cm³/mol. The number of rotatable bonds is 2. The molecule has 1 fully saturated rings. The zero-order valence-electron chi connectivity index (χ0n) is 10.3. The van der Waals surface area contributed by atoms with Crippen LogP contribution in [0.15, 0.2) is 47.6 Å². The van der Waals surface area contributed by atoms with Crippen LogP contribution in [0.3, 0.4) is 0 Å². The molecule has 1 saturated carbocycles. The molecular formula is C16H19Zr. The van der Waals surface area contributed by atoms with Crippen molar-refractivity contribution in [3.8, 4) is 0 Å². The molecule has 0 heterocycles. The fourth-order valence-corrected chi connectivity index (χ4v) is 5.26. The first-order valence-corrected chi connectivity index (χ1v) is 8.00. The molecule has 1 heteroatoms. The fourth-order valence-electron chi connectivity index (χ4n) is 3.56. The van der Waals surface area contributed by atoms with E-state index in [4.69, 9.17) is 0 Å². The maximum atomic E-state index is 2.40. The first kappa shape index (κ1) is 11.9. The van der Waals surface area contributed by atoms with E-state index < -0.39 is 0 Å². The van der Waals surface area contributed by atoms with Gasteiger partial charge in [-0.25, -0.2) is 0 Å². The summed E-state index contributed by atoms with van der Waals surface area (Å²) in [5, 5.41) is 0. The van der Waals surface area contributed by atoms with Crippen molar-refractivity contribution in [2.75, 3.05) is 0 Å². The maximum absolute atomic E-state index is 2.40. The third-order valence-corrected chi connectivity index (χ3v) is 6.76. The summed E-state index contributed by atoms with van der Waals surface area (Å²) in [5.74, 6) is 0.829. The number of allylic oxidation sites excluding steroid dienone is 8. The molecule has 0 aliphatic heterocycles. The fraction of sp³-hybridized carbons (Fsp3) is 0.500. The molecule has 87 valence electrons. The molecule has 0 nitrogen and oxygen atoms in total. The molecule has 3 aliphatic carbocycles. The Balaban J connectivity index is 1.89. The normalized spacial score (nSPS) is 36.1. The molecule has 0 aromatic carbocycles. The van der Waals surface area contributed by atoms with Gasteiger partial charge in [0.15, 0.2) is 0 Å². The second-order valence-corrected chi connectivity index (χ2v) is 7.66. The van der Waals surface area contributed by atoms with E-state index in [-0.39, 0.29) is 0 Å². The minimum atomic E-state index is 0.520. The molecule has 0 aromatic rings. The molecular weight excluding hydrogens is 283 g/mol. The van der Waals surface area contributed by atoms with Gasteiger partial charge in [0.1, 0.15) is 0 Å². The molecule has 0 saturated heterocycles. The summed E-state index contributed by atoms with van der Waals surface area (Å²) in [5.41, 5.74) is 3.42. The van der Waals surface area contributed by atoms with E-state index in [2.05, 4.69) is 36.5 Å². The van der Waals surface area contributed by atoms with Crippen LogP contribution >= 0.6 is 0 Å². The first-order chi connectivity index (χ1) is 8.31. The second kappa shape index (κ2) is 4.84. The van der Waals surface area contributed by atoms with Crippen LogP contribution in [0.25, 0.3) is 0 Å². The Morgan fingerprint density at radius 2 is 1.88 bits per heavy atom. The van der Waals surface area contributed by atoms with Crippen molar-refractivity contribution in [1.82, 2.24) is 0 Å². The van der Waals surface area contributed by atoms with E-state index >= 15 is 0 Å². The first-order valence-electron chi connectivity index (χ1n) is 6.77. The van der Waals surface area contributed by atoms with E-state index in [0.717, 1.165) is 5.92 Å². The zero-order chi connectivity index (χ0) is 11.7. The molecule has 2 unspecified atom stereocenters. The molecule has 0 aromatic heterocycles. The van der Waals surface area contributed by atoms with Crippen LogP contribution in [0.1, 0.15) is 38.5 Å². The minimum absolute atomic E-state index is 0.520. The van der Waals surface area contributed by atoms with Crippen molar-refractivity contribution in [2.45, 2.75) is 41.6 Å². The summed E-state index contributed by atoms with van der Waals surface area (Å²) < 4.78 is 0.520. The quantitative estimate of drug-likeness (QED) is 0.696. The van der Waals surface area contributed by atoms with Gasteiger partial charge in [-0.3, -0.25) is 0 Å². The third kappa shape index (κ3) is 2.12. The van der Waals surface area contributed by atoms with Gasteiger partial charge in [0.2, 0.25) is 0 Å². The Hall–Kier alpha value is -0.157. The van der Waals surface area contributed by atoms with E-state index in [9.17, 15) is 0 Å². The van der Waals surface area contributed by atoms with E-state index in [1.54, 1.807) is 35.9 Å². The van der Waals surface area contributed by atoms with Gasteiger partial charge in [-0.05, 0) is 0 Å². The number of hydrogen-bond acceptors (Lipinski definition) is 0. The van der Waals surface area contributed by atoms with Crippen LogP contribution in [-0.4, -0.2) is 0 Å². The Kier molecular flexibility index (Phi) is 3.39. The number of hydrogen-bond donors (Lipinski definition) is 0. The molecule has 2 atom stereocenters. The molecule has 0 spiro atoms. The van der Waals surface area contributed by atoms with Crippen molar-refractivity contribution in [3.63, 3.8) is 0 Å². The van der Waals surface area contributed by atoms with Gasteiger partial charge in [0.05, 0.1) is 0 Å². The molecule has 0 radical (unpaired) electrons. The van der Waals surface area contributed by atoms with E-state index in [1.807, 2.05) is 0 Å². The monoisotopic (exact) mass is 301 g/mol. The second-order valence-electron chi connectivity index (χ2n) is 5.47. The molecule has 17 heavy (non-hydrogen) atoms. The Bertz CT molecular complexity index is 425. The molecule has 0 N–H and O–H groups in total. The van der Waals surface area contributed by atoms with E-state index in [1.165, 1.54) is 38.5 Å². The average molecular weight is 303 g/mol. The average Bonchev–Trinajstić information content (AvgIpc) is 3.03. The zero-order valence-corrected chi connectivity index (χ0v) is 12.7. The van der Waals surface area contributed by atoms with Crippen LogP contribution in [0.4, 0.5) is 0 Å². The van der Waals surface area contributed by atoms with Crippen LogP contribution < -0.4 is 0 Å². The van der Waals surface area contributed by atoms with Gasteiger partial charge in [0.25, 0.3) is 0 Å². The predicted octanol–water partition coefficient (Wildman–Crippen LogP) is 4.65. The van der Waals surface area contributed by atoms with Gasteiger partial charge in [-0.15, -0.1) is 0 Å².